The van der Waals surface area contributed by atoms with Crippen LogP contribution in [-0.4, -0.2) is 54.9 Å². The minimum atomic E-state index is 0.140. The average molecular weight is 372 g/mol. The maximum absolute atomic E-state index is 12.5. The summed E-state index contributed by atoms with van der Waals surface area (Å²) in [6.45, 7) is 2.46. The fourth-order valence-electron chi connectivity index (χ4n) is 3.19. The number of benzene rings is 1. The maximum Gasteiger partial charge on any atom is 0.227 e. The van der Waals surface area contributed by atoms with Crippen LogP contribution in [0.1, 0.15) is 16.9 Å². The molecule has 5 nitrogen and oxygen atoms in total. The number of amides is 2. The van der Waals surface area contributed by atoms with E-state index in [1.165, 1.54) is 0 Å². The van der Waals surface area contributed by atoms with Crippen molar-refractivity contribution < 1.29 is 14.3 Å². The molecule has 3 rings (SSSR count). The van der Waals surface area contributed by atoms with Crippen molar-refractivity contribution in [2.75, 3.05) is 33.3 Å². The Labute approximate surface area is 158 Å². The van der Waals surface area contributed by atoms with Crippen LogP contribution in [0, 0.1) is 0 Å². The number of hydrogen-bond acceptors (Lipinski definition) is 4. The molecule has 1 aromatic heterocycles. The Kier molecular flexibility index (Phi) is 6.28. The summed E-state index contributed by atoms with van der Waals surface area (Å²) < 4.78 is 5.34. The average Bonchev–Trinajstić information content (AvgIpc) is 3.19. The summed E-state index contributed by atoms with van der Waals surface area (Å²) in [6.07, 6.45) is 1.59. The number of methoxy groups -OCH3 is 1. The zero-order valence-electron chi connectivity index (χ0n) is 15.0. The van der Waals surface area contributed by atoms with Crippen LogP contribution in [0.3, 0.4) is 0 Å². The van der Waals surface area contributed by atoms with E-state index in [0.717, 1.165) is 16.2 Å². The predicted octanol–water partition coefficient (Wildman–Crippen LogP) is 2.60. The second kappa shape index (κ2) is 8.85. The predicted molar refractivity (Wildman–Crippen MR) is 102 cm³/mol. The van der Waals surface area contributed by atoms with E-state index >= 15 is 0 Å². The van der Waals surface area contributed by atoms with E-state index < -0.39 is 0 Å². The van der Waals surface area contributed by atoms with Crippen molar-refractivity contribution in [2.24, 2.45) is 0 Å². The summed E-state index contributed by atoms with van der Waals surface area (Å²) in [4.78, 5) is 29.6. The van der Waals surface area contributed by atoms with Gasteiger partial charge in [0.1, 0.15) is 5.75 Å². The van der Waals surface area contributed by atoms with Crippen LogP contribution in [0.15, 0.2) is 41.8 Å². The molecule has 2 amide bonds. The molecule has 1 aromatic carbocycles. The molecule has 0 atom stereocenters. The Morgan fingerprint density at radius 3 is 2.35 bits per heavy atom. The number of para-hydroxylation sites is 1. The Hall–Kier alpha value is -2.34. The van der Waals surface area contributed by atoms with E-state index in [2.05, 4.69) is 0 Å². The first kappa shape index (κ1) is 18.5. The monoisotopic (exact) mass is 372 g/mol. The maximum atomic E-state index is 12.5. The Morgan fingerprint density at radius 1 is 1.00 bits per heavy atom. The van der Waals surface area contributed by atoms with E-state index in [-0.39, 0.29) is 11.8 Å². The lowest BCUT2D eigenvalue weighted by Gasteiger charge is -2.35. The van der Waals surface area contributed by atoms with Crippen molar-refractivity contribution in [3.63, 3.8) is 0 Å². The van der Waals surface area contributed by atoms with Crippen LogP contribution in [0.4, 0.5) is 0 Å². The first-order valence-electron chi connectivity index (χ1n) is 8.87. The molecule has 0 saturated carbocycles. The Balaban J connectivity index is 1.45. The van der Waals surface area contributed by atoms with E-state index in [9.17, 15) is 9.59 Å². The molecule has 1 aliphatic rings. The van der Waals surface area contributed by atoms with Gasteiger partial charge in [-0.25, -0.2) is 0 Å². The highest BCUT2D eigenvalue weighted by Gasteiger charge is 2.24. The minimum Gasteiger partial charge on any atom is -0.496 e. The fraction of sp³-hybridized carbons (Fsp3) is 0.400. The zero-order chi connectivity index (χ0) is 18.4. The number of carbonyl (C=O) groups excluding carboxylic acids is 2. The van der Waals surface area contributed by atoms with Gasteiger partial charge in [-0.05, 0) is 29.5 Å². The third kappa shape index (κ3) is 4.64. The van der Waals surface area contributed by atoms with Gasteiger partial charge in [-0.1, -0.05) is 24.3 Å². The molecule has 26 heavy (non-hydrogen) atoms. The van der Waals surface area contributed by atoms with Crippen molar-refractivity contribution in [1.29, 1.82) is 0 Å². The molecule has 0 aliphatic carbocycles. The zero-order valence-corrected chi connectivity index (χ0v) is 15.8. The normalized spacial score (nSPS) is 14.3. The van der Waals surface area contributed by atoms with Crippen molar-refractivity contribution >= 4 is 23.2 Å². The molecule has 138 valence electrons. The summed E-state index contributed by atoms with van der Waals surface area (Å²) in [7, 11) is 1.65. The smallest absolute Gasteiger partial charge is 0.227 e. The number of ether oxygens (including phenoxy) is 1. The molecule has 0 spiro atoms. The van der Waals surface area contributed by atoms with Crippen molar-refractivity contribution in [3.05, 3.63) is 52.2 Å². The highest BCUT2D eigenvalue weighted by molar-refractivity contribution is 7.10. The highest BCUT2D eigenvalue weighted by Crippen LogP contribution is 2.19. The molecule has 2 heterocycles. The topological polar surface area (TPSA) is 49.9 Å². The van der Waals surface area contributed by atoms with E-state index in [1.54, 1.807) is 18.4 Å². The third-order valence-corrected chi connectivity index (χ3v) is 5.57. The van der Waals surface area contributed by atoms with Gasteiger partial charge in [0.2, 0.25) is 11.8 Å². The van der Waals surface area contributed by atoms with E-state index in [1.807, 2.05) is 51.6 Å². The fourth-order valence-corrected chi connectivity index (χ4v) is 3.88. The minimum absolute atomic E-state index is 0.140. The summed E-state index contributed by atoms with van der Waals surface area (Å²) >= 11 is 1.61. The summed E-state index contributed by atoms with van der Waals surface area (Å²) in [5.74, 6) is 1.11. The highest BCUT2D eigenvalue weighted by atomic mass is 32.1. The second-order valence-electron chi connectivity index (χ2n) is 6.33. The van der Waals surface area contributed by atoms with Gasteiger partial charge in [0.25, 0.3) is 0 Å². The van der Waals surface area contributed by atoms with Gasteiger partial charge in [0, 0.05) is 37.5 Å². The molecular formula is C20H24N2O3S. The van der Waals surface area contributed by atoms with E-state index in [0.29, 0.717) is 45.4 Å². The molecular weight excluding hydrogens is 348 g/mol. The van der Waals surface area contributed by atoms with Gasteiger partial charge >= 0.3 is 0 Å². The second-order valence-corrected chi connectivity index (χ2v) is 7.36. The molecule has 0 bridgehead atoms. The largest absolute Gasteiger partial charge is 0.496 e. The summed E-state index contributed by atoms with van der Waals surface area (Å²) in [5.41, 5.74) is 1.05. The number of rotatable bonds is 6. The first-order chi connectivity index (χ1) is 12.7. The molecule has 1 aliphatic heterocycles. The van der Waals surface area contributed by atoms with Crippen LogP contribution in [-0.2, 0) is 22.4 Å². The van der Waals surface area contributed by atoms with Crippen molar-refractivity contribution in [2.45, 2.75) is 19.3 Å². The van der Waals surface area contributed by atoms with Gasteiger partial charge < -0.3 is 14.5 Å². The van der Waals surface area contributed by atoms with Crippen LogP contribution < -0.4 is 4.74 Å². The quantitative estimate of drug-likeness (QED) is 0.783. The van der Waals surface area contributed by atoms with Crippen molar-refractivity contribution in [1.82, 2.24) is 9.80 Å². The van der Waals surface area contributed by atoms with Gasteiger partial charge in [-0.3, -0.25) is 9.59 Å². The molecule has 0 radical (unpaired) electrons. The Bertz CT molecular complexity index is 737. The Morgan fingerprint density at radius 2 is 1.69 bits per heavy atom. The standard InChI is InChI=1S/C20H24N2O3S/c1-25-18-7-3-2-5-16(18)8-9-19(23)21-10-12-22(13-11-21)20(24)15-17-6-4-14-26-17/h2-7,14H,8-13,15H2,1H3. The van der Waals surface area contributed by atoms with Crippen LogP contribution >= 0.6 is 11.3 Å². The molecule has 0 N–H and O–H groups in total. The number of aryl methyl sites for hydroxylation is 1. The first-order valence-corrected chi connectivity index (χ1v) is 9.75. The van der Waals surface area contributed by atoms with Crippen LogP contribution in [0.25, 0.3) is 0 Å². The SMILES string of the molecule is COc1ccccc1CCC(=O)N1CCN(C(=O)Cc2cccs2)CC1. The lowest BCUT2D eigenvalue weighted by atomic mass is 10.1. The van der Waals surface area contributed by atoms with Crippen molar-refractivity contribution in [3.8, 4) is 5.75 Å². The summed E-state index contributed by atoms with van der Waals surface area (Å²) in [5, 5.41) is 1.99. The molecule has 0 unspecified atom stereocenters. The number of thiophene rings is 1. The molecule has 2 aromatic rings. The van der Waals surface area contributed by atoms with Gasteiger partial charge in [-0.15, -0.1) is 11.3 Å². The van der Waals surface area contributed by atoms with Gasteiger partial charge in [0.15, 0.2) is 0 Å². The van der Waals surface area contributed by atoms with E-state index in [4.69, 9.17) is 4.74 Å². The van der Waals surface area contributed by atoms with Crippen LogP contribution in [0.2, 0.25) is 0 Å². The third-order valence-electron chi connectivity index (χ3n) is 4.69. The molecule has 6 heteroatoms. The summed E-state index contributed by atoms with van der Waals surface area (Å²) in [6, 6.07) is 11.7. The van der Waals surface area contributed by atoms with Crippen LogP contribution in [0.5, 0.6) is 5.75 Å². The number of carbonyl (C=O) groups is 2. The molecule has 1 saturated heterocycles. The lowest BCUT2D eigenvalue weighted by molar-refractivity contribution is -0.139. The lowest BCUT2D eigenvalue weighted by Crippen LogP contribution is -2.51. The number of hydrogen-bond donors (Lipinski definition) is 0. The number of nitrogens with zero attached hydrogens (tertiary/aromatic N) is 2. The molecule has 1 fully saturated rings. The van der Waals surface area contributed by atoms with Gasteiger partial charge in [0.05, 0.1) is 13.5 Å². The van der Waals surface area contributed by atoms with Gasteiger partial charge in [-0.2, -0.15) is 0 Å². The number of piperazine rings is 1.